The van der Waals surface area contributed by atoms with Gasteiger partial charge in [-0.2, -0.15) is 0 Å². The van der Waals surface area contributed by atoms with Gasteiger partial charge < -0.3 is 10.8 Å². The van der Waals surface area contributed by atoms with E-state index in [4.69, 9.17) is 5.73 Å². The third-order valence-electron chi connectivity index (χ3n) is 2.30. The normalized spacial score (nSPS) is 12.8. The summed E-state index contributed by atoms with van der Waals surface area (Å²) in [4.78, 5) is 0. The van der Waals surface area contributed by atoms with Gasteiger partial charge in [-0.15, -0.1) is 0 Å². The lowest BCUT2D eigenvalue weighted by Gasteiger charge is -2.09. The van der Waals surface area contributed by atoms with Gasteiger partial charge in [-0.1, -0.05) is 19.1 Å². The number of benzene rings is 1. The molecule has 0 aliphatic heterocycles. The van der Waals surface area contributed by atoms with Crippen molar-refractivity contribution in [3.05, 3.63) is 29.3 Å². The van der Waals surface area contributed by atoms with Gasteiger partial charge in [-0.3, -0.25) is 0 Å². The number of aromatic hydroxyl groups is 1. The predicted octanol–water partition coefficient (Wildman–Crippen LogP) is 1.98. The Kier molecular flexibility index (Phi) is 3.32. The molecule has 0 aliphatic rings. The predicted molar refractivity (Wildman–Crippen MR) is 54.8 cm³/mol. The summed E-state index contributed by atoms with van der Waals surface area (Å²) >= 11 is 0. The molecule has 0 bridgehead atoms. The summed E-state index contributed by atoms with van der Waals surface area (Å²) in [6.07, 6.45) is 1.80. The lowest BCUT2D eigenvalue weighted by molar-refractivity contribution is 0.470. The minimum absolute atomic E-state index is 0.196. The van der Waals surface area contributed by atoms with Crippen LogP contribution in [0.15, 0.2) is 18.2 Å². The second-order valence-electron chi connectivity index (χ2n) is 3.49. The van der Waals surface area contributed by atoms with Gasteiger partial charge >= 0.3 is 0 Å². The Hall–Kier alpha value is -1.02. The highest BCUT2D eigenvalue weighted by Gasteiger charge is 2.03. The van der Waals surface area contributed by atoms with Crippen molar-refractivity contribution in [3.8, 4) is 5.75 Å². The quantitative estimate of drug-likeness (QED) is 0.745. The summed E-state index contributed by atoms with van der Waals surface area (Å²) in [5.41, 5.74) is 7.83. The van der Waals surface area contributed by atoms with E-state index in [-0.39, 0.29) is 6.04 Å². The molecule has 13 heavy (non-hydrogen) atoms. The second kappa shape index (κ2) is 4.28. The fraction of sp³-hybridized carbons (Fsp3) is 0.455. The van der Waals surface area contributed by atoms with E-state index in [9.17, 15) is 5.11 Å². The van der Waals surface area contributed by atoms with Gasteiger partial charge in [0.1, 0.15) is 5.75 Å². The van der Waals surface area contributed by atoms with Gasteiger partial charge in [0, 0.05) is 6.04 Å². The number of hydrogen-bond donors (Lipinski definition) is 2. The standard InChI is InChI=1S/C11H17NO/c1-3-10(12)6-9-5-4-8(2)11(13)7-9/h4-5,7,10,13H,3,6,12H2,1-2H3/t10-/m1/s1. The molecule has 3 N–H and O–H groups in total. The topological polar surface area (TPSA) is 46.2 Å². The average Bonchev–Trinajstić information content (AvgIpc) is 2.11. The zero-order valence-corrected chi connectivity index (χ0v) is 8.25. The maximum Gasteiger partial charge on any atom is 0.118 e. The highest BCUT2D eigenvalue weighted by Crippen LogP contribution is 2.18. The largest absolute Gasteiger partial charge is 0.508 e. The Balaban J connectivity index is 2.73. The first-order valence-electron chi connectivity index (χ1n) is 4.67. The van der Waals surface area contributed by atoms with Gasteiger partial charge in [0.2, 0.25) is 0 Å². The lowest BCUT2D eigenvalue weighted by Crippen LogP contribution is -2.21. The zero-order valence-electron chi connectivity index (χ0n) is 8.25. The van der Waals surface area contributed by atoms with Gasteiger partial charge in [0.25, 0.3) is 0 Å². The summed E-state index contributed by atoms with van der Waals surface area (Å²) in [6.45, 7) is 3.96. The molecule has 0 heterocycles. The van der Waals surface area contributed by atoms with Crippen molar-refractivity contribution in [2.45, 2.75) is 32.7 Å². The van der Waals surface area contributed by atoms with Crippen LogP contribution < -0.4 is 5.73 Å². The first kappa shape index (κ1) is 10.1. The molecule has 0 unspecified atom stereocenters. The van der Waals surface area contributed by atoms with E-state index in [2.05, 4.69) is 6.92 Å². The number of aryl methyl sites for hydroxylation is 1. The van der Waals surface area contributed by atoms with Crippen LogP contribution in [0.5, 0.6) is 5.75 Å². The van der Waals surface area contributed by atoms with Crippen LogP contribution in [0.25, 0.3) is 0 Å². The Morgan fingerprint density at radius 1 is 1.46 bits per heavy atom. The van der Waals surface area contributed by atoms with Crippen LogP contribution in [0.3, 0.4) is 0 Å². The van der Waals surface area contributed by atoms with Crippen molar-refractivity contribution in [3.63, 3.8) is 0 Å². The molecule has 0 aliphatic carbocycles. The van der Waals surface area contributed by atoms with E-state index >= 15 is 0 Å². The number of nitrogens with two attached hydrogens (primary N) is 1. The minimum atomic E-state index is 0.196. The van der Waals surface area contributed by atoms with Crippen molar-refractivity contribution < 1.29 is 5.11 Å². The summed E-state index contributed by atoms with van der Waals surface area (Å²) in [6, 6.07) is 5.93. The highest BCUT2D eigenvalue weighted by atomic mass is 16.3. The summed E-state index contributed by atoms with van der Waals surface area (Å²) in [5, 5.41) is 9.44. The number of phenols is 1. The minimum Gasteiger partial charge on any atom is -0.508 e. The van der Waals surface area contributed by atoms with Crippen LogP contribution in [0.1, 0.15) is 24.5 Å². The van der Waals surface area contributed by atoms with E-state index in [1.54, 1.807) is 6.07 Å². The van der Waals surface area contributed by atoms with Gasteiger partial charge in [-0.05, 0) is 37.0 Å². The Bertz CT molecular complexity index is 283. The van der Waals surface area contributed by atoms with E-state index < -0.39 is 0 Å². The number of hydrogen-bond acceptors (Lipinski definition) is 2. The maximum absolute atomic E-state index is 9.44. The molecule has 1 aromatic carbocycles. The molecule has 2 nitrogen and oxygen atoms in total. The highest BCUT2D eigenvalue weighted by molar-refractivity contribution is 5.35. The van der Waals surface area contributed by atoms with Crippen molar-refractivity contribution in [1.82, 2.24) is 0 Å². The fourth-order valence-electron chi connectivity index (χ4n) is 1.23. The molecule has 1 aromatic rings. The average molecular weight is 179 g/mol. The zero-order chi connectivity index (χ0) is 9.84. The van der Waals surface area contributed by atoms with E-state index in [0.717, 1.165) is 24.0 Å². The molecule has 0 saturated carbocycles. The lowest BCUT2D eigenvalue weighted by atomic mass is 10.0. The number of phenolic OH excluding ortho intramolecular Hbond substituents is 1. The molecule has 2 heteroatoms. The Morgan fingerprint density at radius 2 is 2.15 bits per heavy atom. The molecular weight excluding hydrogens is 162 g/mol. The molecule has 1 atom stereocenters. The van der Waals surface area contributed by atoms with E-state index in [1.807, 2.05) is 19.1 Å². The van der Waals surface area contributed by atoms with Crippen LogP contribution >= 0.6 is 0 Å². The van der Waals surface area contributed by atoms with Gasteiger partial charge in [0.05, 0.1) is 0 Å². The molecule has 0 fully saturated rings. The fourth-order valence-corrected chi connectivity index (χ4v) is 1.23. The van der Waals surface area contributed by atoms with Crippen molar-refractivity contribution in [2.75, 3.05) is 0 Å². The van der Waals surface area contributed by atoms with Crippen LogP contribution in [0, 0.1) is 6.92 Å². The van der Waals surface area contributed by atoms with Crippen LogP contribution in [0.2, 0.25) is 0 Å². The second-order valence-corrected chi connectivity index (χ2v) is 3.49. The van der Waals surface area contributed by atoms with Crippen molar-refractivity contribution >= 4 is 0 Å². The SMILES string of the molecule is CC[C@@H](N)Cc1ccc(C)c(O)c1. The molecule has 0 spiro atoms. The summed E-state index contributed by atoms with van der Waals surface area (Å²) in [5.74, 6) is 0.362. The smallest absolute Gasteiger partial charge is 0.118 e. The molecule has 0 amide bonds. The molecule has 1 rings (SSSR count). The van der Waals surface area contributed by atoms with Gasteiger partial charge in [-0.25, -0.2) is 0 Å². The summed E-state index contributed by atoms with van der Waals surface area (Å²) in [7, 11) is 0. The van der Waals surface area contributed by atoms with Crippen LogP contribution in [-0.2, 0) is 6.42 Å². The Morgan fingerprint density at radius 3 is 2.69 bits per heavy atom. The van der Waals surface area contributed by atoms with Crippen molar-refractivity contribution in [1.29, 1.82) is 0 Å². The van der Waals surface area contributed by atoms with Gasteiger partial charge in [0.15, 0.2) is 0 Å². The molecule has 0 aromatic heterocycles. The maximum atomic E-state index is 9.44. The van der Waals surface area contributed by atoms with Crippen LogP contribution in [0.4, 0.5) is 0 Å². The summed E-state index contributed by atoms with van der Waals surface area (Å²) < 4.78 is 0. The molecule has 72 valence electrons. The monoisotopic (exact) mass is 179 g/mol. The van der Waals surface area contributed by atoms with E-state index in [1.165, 1.54) is 0 Å². The molecule has 0 radical (unpaired) electrons. The number of rotatable bonds is 3. The van der Waals surface area contributed by atoms with E-state index in [0.29, 0.717) is 5.75 Å². The molecular formula is C11H17NO. The van der Waals surface area contributed by atoms with Crippen LogP contribution in [-0.4, -0.2) is 11.1 Å². The molecule has 0 saturated heterocycles. The third-order valence-corrected chi connectivity index (χ3v) is 2.30. The Labute approximate surface area is 79.4 Å². The third kappa shape index (κ3) is 2.74. The first-order chi connectivity index (χ1) is 6.13. The van der Waals surface area contributed by atoms with Crippen molar-refractivity contribution in [2.24, 2.45) is 5.73 Å². The first-order valence-corrected chi connectivity index (χ1v) is 4.67.